The molecular weight excluding hydrogens is 398 g/mol. The Kier molecular flexibility index (Phi) is 5.45. The number of sulfone groups is 1. The Balaban J connectivity index is 1.71. The van der Waals surface area contributed by atoms with Gasteiger partial charge in [0.2, 0.25) is 0 Å². The topological polar surface area (TPSA) is 67.6 Å². The van der Waals surface area contributed by atoms with E-state index in [1.807, 2.05) is 44.2 Å². The van der Waals surface area contributed by atoms with Crippen molar-refractivity contribution in [1.82, 2.24) is 4.90 Å². The van der Waals surface area contributed by atoms with Gasteiger partial charge >= 0.3 is 0 Å². The van der Waals surface area contributed by atoms with Crippen molar-refractivity contribution >= 4 is 26.7 Å². The van der Waals surface area contributed by atoms with Crippen LogP contribution in [0.15, 0.2) is 46.9 Å². The first kappa shape index (κ1) is 20.7. The highest BCUT2D eigenvalue weighted by Crippen LogP contribution is 2.29. The lowest BCUT2D eigenvalue weighted by atomic mass is 10.1. The minimum Gasteiger partial charge on any atom is -0.451 e. The molecule has 0 aliphatic carbocycles. The minimum absolute atomic E-state index is 0.00413. The third kappa shape index (κ3) is 4.01. The molecule has 1 atom stereocenters. The van der Waals surface area contributed by atoms with E-state index in [0.29, 0.717) is 24.3 Å². The highest BCUT2D eigenvalue weighted by Gasteiger charge is 2.36. The lowest BCUT2D eigenvalue weighted by Crippen LogP contribution is -2.40. The zero-order valence-electron chi connectivity index (χ0n) is 17.6. The van der Waals surface area contributed by atoms with Crippen molar-refractivity contribution < 1.29 is 17.6 Å². The smallest absolute Gasteiger partial charge is 0.290 e. The molecule has 0 N–H and O–H groups in total. The summed E-state index contributed by atoms with van der Waals surface area (Å²) in [6.07, 6.45) is 1.40. The predicted octanol–water partition coefficient (Wildman–Crippen LogP) is 4.44. The second-order valence-corrected chi connectivity index (χ2v) is 10.4. The molecule has 2 heterocycles. The normalized spacial score (nSPS) is 18.0. The molecule has 5 nitrogen and oxygen atoms in total. The molecule has 0 spiro atoms. The number of carbonyl (C=O) groups is 1. The van der Waals surface area contributed by atoms with Crippen LogP contribution in [0.2, 0.25) is 0 Å². The Labute approximate surface area is 177 Å². The Morgan fingerprint density at radius 1 is 1.10 bits per heavy atom. The fraction of sp³-hybridized carbons (Fsp3) is 0.375. The average molecular weight is 426 g/mol. The highest BCUT2D eigenvalue weighted by molar-refractivity contribution is 7.91. The third-order valence-electron chi connectivity index (χ3n) is 5.98. The molecule has 1 aliphatic rings. The molecule has 0 bridgehead atoms. The highest BCUT2D eigenvalue weighted by atomic mass is 32.2. The van der Waals surface area contributed by atoms with Crippen LogP contribution in [0.5, 0.6) is 0 Å². The van der Waals surface area contributed by atoms with Gasteiger partial charge in [0.25, 0.3) is 5.91 Å². The van der Waals surface area contributed by atoms with Gasteiger partial charge in [-0.05, 0) is 49.4 Å². The molecule has 0 saturated carbocycles. The van der Waals surface area contributed by atoms with Crippen molar-refractivity contribution in [1.29, 1.82) is 0 Å². The standard InChI is InChI=1S/C24H27NO4S/c1-4-18-6-8-19(9-7-18)14-25(20-11-12-30(27,28)15-20)24(26)23-17(3)21-10-5-16(2)13-22(21)29-23/h5-10,13,20H,4,11-12,14-15H2,1-3H3/t20-/m0/s1. The molecule has 2 aromatic carbocycles. The van der Waals surface area contributed by atoms with E-state index in [2.05, 4.69) is 19.1 Å². The van der Waals surface area contributed by atoms with Gasteiger partial charge in [0.1, 0.15) is 5.58 Å². The van der Waals surface area contributed by atoms with Crippen LogP contribution >= 0.6 is 0 Å². The van der Waals surface area contributed by atoms with Crippen LogP contribution in [-0.4, -0.2) is 36.8 Å². The van der Waals surface area contributed by atoms with Crippen molar-refractivity contribution in [2.45, 2.75) is 46.2 Å². The molecule has 4 rings (SSSR count). The maximum Gasteiger partial charge on any atom is 0.290 e. The van der Waals surface area contributed by atoms with Crippen molar-refractivity contribution in [3.05, 3.63) is 70.5 Å². The molecule has 1 aliphatic heterocycles. The van der Waals surface area contributed by atoms with Crippen molar-refractivity contribution in [3.63, 3.8) is 0 Å². The van der Waals surface area contributed by atoms with Gasteiger partial charge in [-0.2, -0.15) is 0 Å². The van der Waals surface area contributed by atoms with Gasteiger partial charge in [-0.3, -0.25) is 4.79 Å². The maximum absolute atomic E-state index is 13.6. The third-order valence-corrected chi connectivity index (χ3v) is 7.73. The Morgan fingerprint density at radius 3 is 2.43 bits per heavy atom. The zero-order chi connectivity index (χ0) is 21.5. The molecule has 1 fully saturated rings. The van der Waals surface area contributed by atoms with Gasteiger partial charge in [0, 0.05) is 23.5 Å². The van der Waals surface area contributed by atoms with Gasteiger partial charge < -0.3 is 9.32 Å². The minimum atomic E-state index is -3.12. The molecule has 3 aromatic rings. The van der Waals surface area contributed by atoms with E-state index < -0.39 is 9.84 Å². The molecule has 158 valence electrons. The first-order chi connectivity index (χ1) is 14.3. The van der Waals surface area contributed by atoms with E-state index in [1.165, 1.54) is 5.56 Å². The molecule has 1 aromatic heterocycles. The van der Waals surface area contributed by atoms with Gasteiger partial charge in [-0.1, -0.05) is 43.3 Å². The Hall–Kier alpha value is -2.60. The van der Waals surface area contributed by atoms with Crippen LogP contribution in [-0.2, 0) is 22.8 Å². The second-order valence-electron chi connectivity index (χ2n) is 8.22. The van der Waals surface area contributed by atoms with E-state index in [-0.39, 0.29) is 23.5 Å². The molecular formula is C24H27NO4S. The SMILES string of the molecule is CCc1ccc(CN(C(=O)c2oc3cc(C)ccc3c2C)[C@H]2CCS(=O)(=O)C2)cc1. The fourth-order valence-corrected chi connectivity index (χ4v) is 5.86. The number of aryl methyl sites for hydroxylation is 3. The van der Waals surface area contributed by atoms with Crippen LogP contribution in [0.3, 0.4) is 0 Å². The van der Waals surface area contributed by atoms with Crippen LogP contribution < -0.4 is 0 Å². The van der Waals surface area contributed by atoms with E-state index in [4.69, 9.17) is 4.42 Å². The van der Waals surface area contributed by atoms with Crippen molar-refractivity contribution in [3.8, 4) is 0 Å². The quantitative estimate of drug-likeness (QED) is 0.606. The summed E-state index contributed by atoms with van der Waals surface area (Å²) in [7, 11) is -3.12. The van der Waals surface area contributed by atoms with Crippen molar-refractivity contribution in [2.75, 3.05) is 11.5 Å². The van der Waals surface area contributed by atoms with Crippen LogP contribution in [0, 0.1) is 13.8 Å². The van der Waals surface area contributed by atoms with Gasteiger partial charge in [0.05, 0.1) is 11.5 Å². The molecule has 0 unspecified atom stereocenters. The summed E-state index contributed by atoms with van der Waals surface area (Å²) >= 11 is 0. The summed E-state index contributed by atoms with van der Waals surface area (Å²) in [5.74, 6) is 0.173. The number of rotatable bonds is 5. The number of benzene rings is 2. The number of furan rings is 1. The lowest BCUT2D eigenvalue weighted by Gasteiger charge is -2.28. The zero-order valence-corrected chi connectivity index (χ0v) is 18.5. The number of fused-ring (bicyclic) bond motifs is 1. The number of nitrogens with zero attached hydrogens (tertiary/aromatic N) is 1. The average Bonchev–Trinajstić information content (AvgIpc) is 3.24. The molecule has 30 heavy (non-hydrogen) atoms. The number of hydrogen-bond acceptors (Lipinski definition) is 4. The largest absolute Gasteiger partial charge is 0.451 e. The summed E-state index contributed by atoms with van der Waals surface area (Å²) in [6, 6.07) is 13.7. The van der Waals surface area contributed by atoms with Crippen molar-refractivity contribution in [2.24, 2.45) is 0 Å². The van der Waals surface area contributed by atoms with E-state index in [1.54, 1.807) is 4.90 Å². The Bertz CT molecular complexity index is 1190. The summed E-state index contributed by atoms with van der Waals surface area (Å²) in [5, 5.41) is 0.912. The molecule has 1 amide bonds. The van der Waals surface area contributed by atoms with Gasteiger partial charge in [-0.15, -0.1) is 0 Å². The summed E-state index contributed by atoms with van der Waals surface area (Å²) in [6.45, 7) is 6.32. The van der Waals surface area contributed by atoms with Crippen LogP contribution in [0.25, 0.3) is 11.0 Å². The molecule has 6 heteroatoms. The van der Waals surface area contributed by atoms with Crippen LogP contribution in [0.1, 0.15) is 46.2 Å². The Morgan fingerprint density at radius 2 is 1.80 bits per heavy atom. The summed E-state index contributed by atoms with van der Waals surface area (Å²) in [4.78, 5) is 15.3. The van der Waals surface area contributed by atoms with Crippen LogP contribution in [0.4, 0.5) is 0 Å². The first-order valence-electron chi connectivity index (χ1n) is 10.4. The van der Waals surface area contributed by atoms with Gasteiger partial charge in [0.15, 0.2) is 15.6 Å². The summed E-state index contributed by atoms with van der Waals surface area (Å²) < 4.78 is 30.2. The maximum atomic E-state index is 13.6. The first-order valence-corrected chi connectivity index (χ1v) is 12.2. The number of hydrogen-bond donors (Lipinski definition) is 0. The fourth-order valence-electron chi connectivity index (χ4n) is 4.13. The molecule has 0 radical (unpaired) electrons. The van der Waals surface area contributed by atoms with E-state index >= 15 is 0 Å². The monoisotopic (exact) mass is 425 g/mol. The van der Waals surface area contributed by atoms with Gasteiger partial charge in [-0.25, -0.2) is 8.42 Å². The molecule has 1 saturated heterocycles. The van der Waals surface area contributed by atoms with E-state index in [9.17, 15) is 13.2 Å². The number of amides is 1. The van der Waals surface area contributed by atoms with E-state index in [0.717, 1.165) is 28.5 Å². The summed E-state index contributed by atoms with van der Waals surface area (Å²) in [5.41, 5.74) is 4.74. The second kappa shape index (κ2) is 7.91. The lowest BCUT2D eigenvalue weighted by molar-refractivity contribution is 0.0649. The number of carbonyl (C=O) groups excluding carboxylic acids is 1. The predicted molar refractivity (Wildman–Crippen MR) is 118 cm³/mol.